The first kappa shape index (κ1) is 15.2. The molecule has 3 N–H and O–H groups in total. The van der Waals surface area contributed by atoms with Crippen LogP contribution < -0.4 is 11.3 Å². The van der Waals surface area contributed by atoms with E-state index in [9.17, 15) is 13.2 Å². The minimum Gasteiger partial charge on any atom is -0.378 e. The fourth-order valence-electron chi connectivity index (χ4n) is 1.76. The van der Waals surface area contributed by atoms with E-state index < -0.39 is 11.7 Å². The van der Waals surface area contributed by atoms with Gasteiger partial charge in [-0.3, -0.25) is 0 Å². The summed E-state index contributed by atoms with van der Waals surface area (Å²) < 4.78 is 43.2. The standard InChI is InChI=1S/C13H13F3N4O/c1-21-7-10-6-11(20-17)19-12(18-10)8-3-2-4-9(5-8)13(14,15)16/h2-6H,7,17H2,1H3,(H,18,19,20). The highest BCUT2D eigenvalue weighted by Crippen LogP contribution is 2.31. The summed E-state index contributed by atoms with van der Waals surface area (Å²) in [5.41, 5.74) is 2.35. The topological polar surface area (TPSA) is 73.1 Å². The number of nitrogens with zero attached hydrogens (tertiary/aromatic N) is 2. The highest BCUT2D eigenvalue weighted by atomic mass is 19.4. The molecule has 0 atom stereocenters. The van der Waals surface area contributed by atoms with Gasteiger partial charge in [0.05, 0.1) is 17.9 Å². The zero-order valence-corrected chi connectivity index (χ0v) is 11.1. The van der Waals surface area contributed by atoms with Crippen LogP contribution in [0.3, 0.4) is 0 Å². The van der Waals surface area contributed by atoms with Crippen LogP contribution in [0, 0.1) is 0 Å². The van der Waals surface area contributed by atoms with Gasteiger partial charge in [-0.05, 0) is 12.1 Å². The van der Waals surface area contributed by atoms with E-state index in [1.807, 2.05) is 0 Å². The number of aromatic nitrogens is 2. The Labute approximate surface area is 118 Å². The molecule has 2 rings (SSSR count). The van der Waals surface area contributed by atoms with Crippen molar-refractivity contribution in [2.24, 2.45) is 5.84 Å². The van der Waals surface area contributed by atoms with E-state index in [0.29, 0.717) is 11.5 Å². The number of anilines is 1. The first-order valence-corrected chi connectivity index (χ1v) is 5.95. The molecule has 0 saturated carbocycles. The van der Waals surface area contributed by atoms with Crippen LogP contribution in [0.15, 0.2) is 30.3 Å². The van der Waals surface area contributed by atoms with Crippen LogP contribution in [0.1, 0.15) is 11.3 Å². The molecule has 5 nitrogen and oxygen atoms in total. The fraction of sp³-hybridized carbons (Fsp3) is 0.231. The number of hydrazine groups is 1. The molecule has 8 heteroatoms. The average molecular weight is 298 g/mol. The van der Waals surface area contributed by atoms with Crippen molar-refractivity contribution in [3.05, 3.63) is 41.6 Å². The van der Waals surface area contributed by atoms with Gasteiger partial charge in [-0.2, -0.15) is 13.2 Å². The van der Waals surface area contributed by atoms with Crippen molar-refractivity contribution in [2.45, 2.75) is 12.8 Å². The Morgan fingerprint density at radius 3 is 2.62 bits per heavy atom. The van der Waals surface area contributed by atoms with E-state index in [-0.39, 0.29) is 18.0 Å². The molecule has 0 unspecified atom stereocenters. The average Bonchev–Trinajstić information content (AvgIpc) is 2.46. The molecular weight excluding hydrogens is 285 g/mol. The Hall–Kier alpha value is -2.19. The summed E-state index contributed by atoms with van der Waals surface area (Å²) >= 11 is 0. The number of alkyl halides is 3. The monoisotopic (exact) mass is 298 g/mol. The second-order valence-electron chi connectivity index (χ2n) is 4.22. The van der Waals surface area contributed by atoms with Crippen LogP contribution in [0.5, 0.6) is 0 Å². The summed E-state index contributed by atoms with van der Waals surface area (Å²) in [7, 11) is 1.49. The second kappa shape index (κ2) is 6.06. The van der Waals surface area contributed by atoms with Crippen molar-refractivity contribution in [3.63, 3.8) is 0 Å². The molecule has 0 fully saturated rings. The molecule has 0 saturated heterocycles. The highest BCUT2D eigenvalue weighted by molar-refractivity contribution is 5.58. The Morgan fingerprint density at radius 2 is 2.00 bits per heavy atom. The van der Waals surface area contributed by atoms with Crippen LogP contribution in [0.4, 0.5) is 19.0 Å². The van der Waals surface area contributed by atoms with E-state index in [1.165, 1.54) is 19.2 Å². The smallest absolute Gasteiger partial charge is 0.378 e. The molecule has 2 aromatic rings. The number of nitrogens with one attached hydrogen (secondary N) is 1. The molecular formula is C13H13F3N4O. The lowest BCUT2D eigenvalue weighted by Gasteiger charge is -2.10. The maximum atomic E-state index is 12.7. The van der Waals surface area contributed by atoms with Crippen LogP contribution in [0.2, 0.25) is 0 Å². The SMILES string of the molecule is COCc1cc(NN)nc(-c2cccc(C(F)(F)F)c2)n1. The van der Waals surface area contributed by atoms with Crippen molar-refractivity contribution >= 4 is 5.82 Å². The fourth-order valence-corrected chi connectivity index (χ4v) is 1.76. The number of nitrogen functional groups attached to an aromatic ring is 1. The Bertz CT molecular complexity index is 631. The Balaban J connectivity index is 2.48. The van der Waals surface area contributed by atoms with Crippen molar-refractivity contribution in [2.75, 3.05) is 12.5 Å². The minimum absolute atomic E-state index is 0.142. The summed E-state index contributed by atoms with van der Waals surface area (Å²) in [6.45, 7) is 0.198. The van der Waals surface area contributed by atoms with Gasteiger partial charge in [0, 0.05) is 18.7 Å². The minimum atomic E-state index is -4.42. The lowest BCUT2D eigenvalue weighted by molar-refractivity contribution is -0.137. The Kier molecular flexibility index (Phi) is 4.39. The van der Waals surface area contributed by atoms with Gasteiger partial charge in [0.25, 0.3) is 0 Å². The lowest BCUT2D eigenvalue weighted by atomic mass is 10.1. The molecule has 112 valence electrons. The number of ether oxygens (including phenoxy) is 1. The molecule has 0 spiro atoms. The van der Waals surface area contributed by atoms with Gasteiger partial charge in [0.15, 0.2) is 5.82 Å². The maximum Gasteiger partial charge on any atom is 0.416 e. The number of methoxy groups -OCH3 is 1. The lowest BCUT2D eigenvalue weighted by Crippen LogP contribution is -2.11. The van der Waals surface area contributed by atoms with Crippen LogP contribution in [-0.4, -0.2) is 17.1 Å². The van der Waals surface area contributed by atoms with E-state index >= 15 is 0 Å². The predicted molar refractivity (Wildman–Crippen MR) is 71.0 cm³/mol. The predicted octanol–water partition coefficient (Wildman–Crippen LogP) is 2.59. The van der Waals surface area contributed by atoms with Gasteiger partial charge in [-0.25, -0.2) is 15.8 Å². The Morgan fingerprint density at radius 1 is 1.24 bits per heavy atom. The largest absolute Gasteiger partial charge is 0.416 e. The summed E-state index contributed by atoms with van der Waals surface area (Å²) in [5.74, 6) is 5.74. The van der Waals surface area contributed by atoms with Gasteiger partial charge < -0.3 is 10.2 Å². The van der Waals surface area contributed by atoms with Crippen molar-refractivity contribution in [1.82, 2.24) is 9.97 Å². The van der Waals surface area contributed by atoms with Gasteiger partial charge in [-0.1, -0.05) is 12.1 Å². The first-order valence-electron chi connectivity index (χ1n) is 5.95. The summed E-state index contributed by atoms with van der Waals surface area (Å²) in [6.07, 6.45) is -4.42. The molecule has 1 heterocycles. The molecule has 0 radical (unpaired) electrons. The van der Waals surface area contributed by atoms with E-state index in [1.54, 1.807) is 6.07 Å². The number of halogens is 3. The van der Waals surface area contributed by atoms with Gasteiger partial charge in [0.1, 0.15) is 5.82 Å². The number of hydrogen-bond donors (Lipinski definition) is 2. The maximum absolute atomic E-state index is 12.7. The third kappa shape index (κ3) is 3.67. The van der Waals surface area contributed by atoms with E-state index in [0.717, 1.165) is 12.1 Å². The van der Waals surface area contributed by atoms with E-state index in [4.69, 9.17) is 10.6 Å². The quantitative estimate of drug-likeness (QED) is 0.670. The van der Waals surface area contributed by atoms with Gasteiger partial charge in [0.2, 0.25) is 0 Å². The molecule has 0 amide bonds. The normalized spacial score (nSPS) is 11.5. The summed E-state index contributed by atoms with van der Waals surface area (Å²) in [5, 5.41) is 0. The molecule has 0 aliphatic rings. The van der Waals surface area contributed by atoms with Crippen molar-refractivity contribution in [1.29, 1.82) is 0 Å². The van der Waals surface area contributed by atoms with Crippen molar-refractivity contribution < 1.29 is 17.9 Å². The molecule has 0 aliphatic carbocycles. The summed E-state index contributed by atoms with van der Waals surface area (Å²) in [4.78, 5) is 8.22. The number of rotatable bonds is 4. The molecule has 1 aromatic heterocycles. The third-order valence-corrected chi connectivity index (χ3v) is 2.67. The zero-order valence-electron chi connectivity index (χ0n) is 11.1. The van der Waals surface area contributed by atoms with Crippen molar-refractivity contribution in [3.8, 4) is 11.4 Å². The molecule has 0 bridgehead atoms. The third-order valence-electron chi connectivity index (χ3n) is 2.67. The number of hydrogen-bond acceptors (Lipinski definition) is 5. The highest BCUT2D eigenvalue weighted by Gasteiger charge is 2.30. The second-order valence-corrected chi connectivity index (χ2v) is 4.22. The summed E-state index contributed by atoms with van der Waals surface area (Å²) in [6, 6.07) is 6.35. The van der Waals surface area contributed by atoms with Crippen LogP contribution in [-0.2, 0) is 17.5 Å². The molecule has 1 aromatic carbocycles. The van der Waals surface area contributed by atoms with Gasteiger partial charge >= 0.3 is 6.18 Å². The van der Waals surface area contributed by atoms with E-state index in [2.05, 4.69) is 15.4 Å². The zero-order chi connectivity index (χ0) is 15.5. The number of nitrogens with two attached hydrogens (primary N) is 1. The van der Waals surface area contributed by atoms with Crippen LogP contribution >= 0.6 is 0 Å². The van der Waals surface area contributed by atoms with Gasteiger partial charge in [-0.15, -0.1) is 0 Å². The first-order chi connectivity index (χ1) is 9.94. The van der Waals surface area contributed by atoms with Crippen LogP contribution in [0.25, 0.3) is 11.4 Å². The number of benzene rings is 1. The molecule has 0 aliphatic heterocycles. The molecule has 21 heavy (non-hydrogen) atoms.